The van der Waals surface area contributed by atoms with Gasteiger partial charge < -0.3 is 4.74 Å². The predicted molar refractivity (Wildman–Crippen MR) is 66.5 cm³/mol. The van der Waals surface area contributed by atoms with Crippen LogP contribution < -0.4 is 0 Å². The number of rotatable bonds is 3. The third kappa shape index (κ3) is 3.06. The molecule has 1 aromatic rings. The lowest BCUT2D eigenvalue weighted by atomic mass is 10.1. The van der Waals surface area contributed by atoms with Crippen LogP contribution in [0, 0.1) is 11.3 Å². The molecule has 0 aromatic heterocycles. The second-order valence-corrected chi connectivity index (χ2v) is 4.42. The molecule has 1 unspecified atom stereocenters. The summed E-state index contributed by atoms with van der Waals surface area (Å²) in [6.07, 6.45) is 1.12. The lowest BCUT2D eigenvalue weighted by Crippen LogP contribution is -2.44. The lowest BCUT2D eigenvalue weighted by Gasteiger charge is -2.35. The molecule has 1 atom stereocenters. The first-order chi connectivity index (χ1) is 8.33. The largest absolute Gasteiger partial charge is 0.378 e. The molecule has 1 fully saturated rings. The summed E-state index contributed by atoms with van der Waals surface area (Å²) in [4.78, 5) is 2.46. The van der Waals surface area contributed by atoms with Crippen molar-refractivity contribution in [3.05, 3.63) is 35.4 Å². The summed E-state index contributed by atoms with van der Waals surface area (Å²) in [7, 11) is 0. The van der Waals surface area contributed by atoms with E-state index in [1.807, 2.05) is 24.3 Å². The molecule has 1 saturated heterocycles. The lowest BCUT2D eigenvalue weighted by molar-refractivity contribution is -0.0127. The number of morpholine rings is 1. The van der Waals surface area contributed by atoms with E-state index in [1.165, 1.54) is 5.56 Å². The van der Waals surface area contributed by atoms with Crippen LogP contribution in [-0.2, 0) is 11.3 Å². The van der Waals surface area contributed by atoms with Crippen LogP contribution in [0.25, 0.3) is 0 Å². The third-order valence-corrected chi connectivity index (χ3v) is 3.29. The zero-order valence-electron chi connectivity index (χ0n) is 10.2. The minimum atomic E-state index is 0.527. The SMILES string of the molecule is CCC1COCCN1Cc1ccc(C#N)cc1. The van der Waals surface area contributed by atoms with Crippen LogP contribution >= 0.6 is 0 Å². The number of nitrogens with zero attached hydrogens (tertiary/aromatic N) is 2. The maximum absolute atomic E-state index is 8.75. The maximum atomic E-state index is 8.75. The van der Waals surface area contributed by atoms with Crippen LogP contribution in [0.5, 0.6) is 0 Å². The van der Waals surface area contributed by atoms with Crippen molar-refractivity contribution in [1.82, 2.24) is 4.90 Å². The van der Waals surface area contributed by atoms with Gasteiger partial charge in [0.15, 0.2) is 0 Å². The molecule has 3 heteroatoms. The van der Waals surface area contributed by atoms with Crippen LogP contribution in [0.2, 0.25) is 0 Å². The summed E-state index contributed by atoms with van der Waals surface area (Å²) in [5.74, 6) is 0. The topological polar surface area (TPSA) is 36.3 Å². The summed E-state index contributed by atoms with van der Waals surface area (Å²) in [6.45, 7) is 5.82. The zero-order valence-corrected chi connectivity index (χ0v) is 10.2. The van der Waals surface area contributed by atoms with Gasteiger partial charge in [0.1, 0.15) is 0 Å². The van der Waals surface area contributed by atoms with E-state index >= 15 is 0 Å². The Hall–Kier alpha value is -1.37. The Bertz CT molecular complexity index is 394. The van der Waals surface area contributed by atoms with Crippen LogP contribution in [0.15, 0.2) is 24.3 Å². The van der Waals surface area contributed by atoms with Gasteiger partial charge in [-0.25, -0.2) is 0 Å². The fourth-order valence-corrected chi connectivity index (χ4v) is 2.19. The fraction of sp³-hybridized carbons (Fsp3) is 0.500. The van der Waals surface area contributed by atoms with Gasteiger partial charge in [-0.15, -0.1) is 0 Å². The van der Waals surface area contributed by atoms with Gasteiger partial charge in [0.2, 0.25) is 0 Å². The number of hydrogen-bond donors (Lipinski definition) is 0. The quantitative estimate of drug-likeness (QED) is 0.798. The normalized spacial score (nSPS) is 21.1. The van der Waals surface area contributed by atoms with E-state index in [4.69, 9.17) is 10.00 Å². The van der Waals surface area contributed by atoms with Gasteiger partial charge in [0, 0.05) is 19.1 Å². The summed E-state index contributed by atoms with van der Waals surface area (Å²) < 4.78 is 5.49. The van der Waals surface area contributed by atoms with Crippen molar-refractivity contribution in [2.45, 2.75) is 25.9 Å². The molecule has 2 rings (SSSR count). The molecule has 0 saturated carbocycles. The summed E-state index contributed by atoms with van der Waals surface area (Å²) >= 11 is 0. The Kier molecular flexibility index (Phi) is 4.13. The fourth-order valence-electron chi connectivity index (χ4n) is 2.19. The van der Waals surface area contributed by atoms with Crippen LogP contribution in [0.3, 0.4) is 0 Å². The zero-order chi connectivity index (χ0) is 12.1. The second-order valence-electron chi connectivity index (χ2n) is 4.42. The van der Waals surface area contributed by atoms with Gasteiger partial charge in [-0.1, -0.05) is 19.1 Å². The molecule has 0 aliphatic carbocycles. The van der Waals surface area contributed by atoms with E-state index in [1.54, 1.807) is 0 Å². The maximum Gasteiger partial charge on any atom is 0.0991 e. The van der Waals surface area contributed by atoms with Crippen molar-refractivity contribution in [2.24, 2.45) is 0 Å². The average molecular weight is 230 g/mol. The first kappa shape index (κ1) is 12.1. The summed E-state index contributed by atoms with van der Waals surface area (Å²) in [5.41, 5.74) is 1.99. The van der Waals surface area contributed by atoms with Crippen molar-refractivity contribution in [2.75, 3.05) is 19.8 Å². The Labute approximate surface area is 103 Å². The molecule has 17 heavy (non-hydrogen) atoms. The Balaban J connectivity index is 2.01. The molecule has 0 amide bonds. The average Bonchev–Trinajstić information content (AvgIpc) is 2.40. The molecule has 1 aliphatic heterocycles. The van der Waals surface area contributed by atoms with Gasteiger partial charge in [-0.2, -0.15) is 5.26 Å². The highest BCUT2D eigenvalue weighted by Gasteiger charge is 2.20. The highest BCUT2D eigenvalue weighted by molar-refractivity contribution is 5.31. The van der Waals surface area contributed by atoms with E-state index in [0.717, 1.165) is 38.3 Å². The molecule has 3 nitrogen and oxygen atoms in total. The van der Waals surface area contributed by atoms with Gasteiger partial charge >= 0.3 is 0 Å². The van der Waals surface area contributed by atoms with E-state index in [-0.39, 0.29) is 0 Å². The van der Waals surface area contributed by atoms with Gasteiger partial charge in [-0.05, 0) is 24.1 Å². The Morgan fingerprint density at radius 3 is 2.82 bits per heavy atom. The van der Waals surface area contributed by atoms with E-state index in [2.05, 4.69) is 17.9 Å². The van der Waals surface area contributed by atoms with Crippen molar-refractivity contribution in [3.8, 4) is 6.07 Å². The van der Waals surface area contributed by atoms with Crippen molar-refractivity contribution >= 4 is 0 Å². The first-order valence-electron chi connectivity index (χ1n) is 6.14. The highest BCUT2D eigenvalue weighted by atomic mass is 16.5. The van der Waals surface area contributed by atoms with Gasteiger partial charge in [-0.3, -0.25) is 4.90 Å². The molecular weight excluding hydrogens is 212 g/mol. The molecule has 0 bridgehead atoms. The predicted octanol–water partition coefficient (Wildman–Crippen LogP) is 2.17. The van der Waals surface area contributed by atoms with E-state index in [9.17, 15) is 0 Å². The highest BCUT2D eigenvalue weighted by Crippen LogP contribution is 2.15. The third-order valence-electron chi connectivity index (χ3n) is 3.29. The molecule has 0 radical (unpaired) electrons. The van der Waals surface area contributed by atoms with Crippen molar-refractivity contribution < 1.29 is 4.74 Å². The molecule has 0 N–H and O–H groups in total. The molecular formula is C14H18N2O. The number of hydrogen-bond acceptors (Lipinski definition) is 3. The number of ether oxygens (including phenoxy) is 1. The summed E-state index contributed by atoms with van der Waals surface area (Å²) in [5, 5.41) is 8.75. The smallest absolute Gasteiger partial charge is 0.0991 e. The van der Waals surface area contributed by atoms with E-state index < -0.39 is 0 Å². The van der Waals surface area contributed by atoms with Crippen LogP contribution in [0.1, 0.15) is 24.5 Å². The molecule has 1 heterocycles. The standard InChI is InChI=1S/C14H18N2O/c1-2-14-11-17-8-7-16(14)10-13-5-3-12(9-15)4-6-13/h3-6,14H,2,7-8,10-11H2,1H3. The van der Waals surface area contributed by atoms with Crippen molar-refractivity contribution in [1.29, 1.82) is 5.26 Å². The van der Waals surface area contributed by atoms with Gasteiger partial charge in [0.25, 0.3) is 0 Å². The minimum Gasteiger partial charge on any atom is -0.378 e. The Morgan fingerprint density at radius 2 is 2.18 bits per heavy atom. The molecule has 0 spiro atoms. The second kappa shape index (κ2) is 5.81. The molecule has 1 aliphatic rings. The monoisotopic (exact) mass is 230 g/mol. The van der Waals surface area contributed by atoms with Crippen LogP contribution in [0.4, 0.5) is 0 Å². The van der Waals surface area contributed by atoms with E-state index in [0.29, 0.717) is 6.04 Å². The summed E-state index contributed by atoms with van der Waals surface area (Å²) in [6, 6.07) is 10.5. The van der Waals surface area contributed by atoms with Crippen LogP contribution in [-0.4, -0.2) is 30.7 Å². The molecule has 90 valence electrons. The Morgan fingerprint density at radius 1 is 1.41 bits per heavy atom. The minimum absolute atomic E-state index is 0.527. The number of benzene rings is 1. The first-order valence-corrected chi connectivity index (χ1v) is 6.14. The van der Waals surface area contributed by atoms with Gasteiger partial charge in [0.05, 0.1) is 24.8 Å². The number of nitriles is 1. The molecule has 1 aromatic carbocycles. The van der Waals surface area contributed by atoms with Crippen molar-refractivity contribution in [3.63, 3.8) is 0 Å².